The minimum absolute atomic E-state index is 0.464. The zero-order valence-corrected chi connectivity index (χ0v) is 18.7. The van der Waals surface area contributed by atoms with Crippen LogP contribution in [0.2, 0.25) is 5.02 Å². The van der Waals surface area contributed by atoms with E-state index < -0.39 is 0 Å². The summed E-state index contributed by atoms with van der Waals surface area (Å²) in [4.78, 5) is 4.55. The van der Waals surface area contributed by atoms with Gasteiger partial charge in [0.2, 0.25) is 0 Å². The van der Waals surface area contributed by atoms with Crippen LogP contribution in [0.1, 0.15) is 23.6 Å². The molecule has 0 amide bonds. The van der Waals surface area contributed by atoms with Gasteiger partial charge in [0.1, 0.15) is 12.4 Å². The second-order valence-corrected chi connectivity index (χ2v) is 8.15. The molecule has 3 aromatic carbocycles. The van der Waals surface area contributed by atoms with Crippen LogP contribution in [0.15, 0.2) is 74.6 Å². The Kier molecular flexibility index (Phi) is 7.11. The van der Waals surface area contributed by atoms with Crippen LogP contribution in [0.5, 0.6) is 5.75 Å². The molecule has 0 aromatic heterocycles. The van der Waals surface area contributed by atoms with E-state index in [1.165, 1.54) is 5.56 Å². The average molecular weight is 508 g/mol. The highest BCUT2D eigenvalue weighted by Gasteiger charge is 2.09. The standard InChI is InChI=1S/C22H18Br2ClNO/c1-2-15-5-9-19(10-6-15)26-13-17-11-20(23)22(21(24)12-17)27-14-16-3-7-18(25)8-4-16/h3-13H,2,14H2,1H3. The molecule has 0 atom stereocenters. The fourth-order valence-electron chi connectivity index (χ4n) is 2.49. The molecule has 0 N–H and O–H groups in total. The maximum atomic E-state index is 5.96. The molecule has 0 saturated carbocycles. The van der Waals surface area contributed by atoms with Gasteiger partial charge < -0.3 is 4.74 Å². The van der Waals surface area contributed by atoms with E-state index in [2.05, 4.69) is 55.9 Å². The molecular weight excluding hydrogens is 490 g/mol. The molecule has 0 aliphatic heterocycles. The summed E-state index contributed by atoms with van der Waals surface area (Å²) in [6.07, 6.45) is 2.88. The number of halogens is 3. The molecular formula is C22H18Br2ClNO. The van der Waals surface area contributed by atoms with E-state index in [1.54, 1.807) is 0 Å². The van der Waals surface area contributed by atoms with E-state index in [-0.39, 0.29) is 0 Å². The molecule has 27 heavy (non-hydrogen) atoms. The van der Waals surface area contributed by atoms with E-state index in [1.807, 2.05) is 54.7 Å². The Morgan fingerprint density at radius 3 is 2.11 bits per heavy atom. The van der Waals surface area contributed by atoms with Crippen LogP contribution in [-0.2, 0) is 13.0 Å². The molecule has 0 saturated heterocycles. The average Bonchev–Trinajstić information content (AvgIpc) is 2.67. The lowest BCUT2D eigenvalue weighted by Crippen LogP contribution is -1.97. The van der Waals surface area contributed by atoms with Gasteiger partial charge in [0.05, 0.1) is 14.6 Å². The first-order valence-electron chi connectivity index (χ1n) is 8.54. The molecule has 0 aliphatic rings. The van der Waals surface area contributed by atoms with Crippen LogP contribution in [0.3, 0.4) is 0 Å². The van der Waals surface area contributed by atoms with Crippen molar-refractivity contribution >= 4 is 55.4 Å². The molecule has 0 aliphatic carbocycles. The summed E-state index contributed by atoms with van der Waals surface area (Å²) in [7, 11) is 0. The van der Waals surface area contributed by atoms with Crippen molar-refractivity contribution < 1.29 is 4.74 Å². The van der Waals surface area contributed by atoms with Crippen molar-refractivity contribution in [3.05, 3.63) is 91.3 Å². The third kappa shape index (κ3) is 5.68. The number of hydrogen-bond donors (Lipinski definition) is 0. The highest BCUT2D eigenvalue weighted by atomic mass is 79.9. The summed E-state index contributed by atoms with van der Waals surface area (Å²) in [6, 6.07) is 19.9. The molecule has 138 valence electrons. The first-order valence-corrected chi connectivity index (χ1v) is 10.5. The molecule has 0 fully saturated rings. The maximum Gasteiger partial charge on any atom is 0.148 e. The molecule has 0 spiro atoms. The lowest BCUT2D eigenvalue weighted by atomic mass is 10.1. The first-order chi connectivity index (χ1) is 13.0. The highest BCUT2D eigenvalue weighted by Crippen LogP contribution is 2.35. The summed E-state index contributed by atoms with van der Waals surface area (Å²) >= 11 is 13.1. The fourth-order valence-corrected chi connectivity index (χ4v) is 4.07. The van der Waals surface area contributed by atoms with Gasteiger partial charge >= 0.3 is 0 Å². The Labute approximate surface area is 181 Å². The normalized spacial score (nSPS) is 11.1. The Bertz CT molecular complexity index is 915. The third-order valence-electron chi connectivity index (χ3n) is 4.02. The number of hydrogen-bond acceptors (Lipinski definition) is 2. The van der Waals surface area contributed by atoms with Crippen LogP contribution in [0.25, 0.3) is 0 Å². The van der Waals surface area contributed by atoms with Crippen molar-refractivity contribution in [2.75, 3.05) is 0 Å². The van der Waals surface area contributed by atoms with Crippen molar-refractivity contribution in [3.8, 4) is 5.75 Å². The third-order valence-corrected chi connectivity index (χ3v) is 5.45. The van der Waals surface area contributed by atoms with Gasteiger partial charge in [0.25, 0.3) is 0 Å². The highest BCUT2D eigenvalue weighted by molar-refractivity contribution is 9.11. The van der Waals surface area contributed by atoms with Crippen molar-refractivity contribution in [2.24, 2.45) is 4.99 Å². The molecule has 0 radical (unpaired) electrons. The van der Waals surface area contributed by atoms with Crippen LogP contribution in [-0.4, -0.2) is 6.21 Å². The smallest absolute Gasteiger partial charge is 0.148 e. The quantitative estimate of drug-likeness (QED) is 0.313. The number of aliphatic imine (C=N–C) groups is 1. The van der Waals surface area contributed by atoms with E-state index in [9.17, 15) is 0 Å². The minimum atomic E-state index is 0.464. The summed E-state index contributed by atoms with van der Waals surface area (Å²) < 4.78 is 7.69. The van der Waals surface area contributed by atoms with Gasteiger partial charge in [-0.1, -0.05) is 42.8 Å². The van der Waals surface area contributed by atoms with Gasteiger partial charge in [-0.05, 0) is 91.4 Å². The Balaban J connectivity index is 1.71. The molecule has 2 nitrogen and oxygen atoms in total. The maximum absolute atomic E-state index is 5.96. The molecule has 0 unspecified atom stereocenters. The van der Waals surface area contributed by atoms with Crippen LogP contribution in [0, 0.1) is 0 Å². The number of rotatable bonds is 6. The van der Waals surface area contributed by atoms with Gasteiger partial charge in [0.15, 0.2) is 0 Å². The summed E-state index contributed by atoms with van der Waals surface area (Å²) in [6.45, 7) is 2.61. The zero-order valence-electron chi connectivity index (χ0n) is 14.8. The van der Waals surface area contributed by atoms with Crippen LogP contribution >= 0.6 is 43.5 Å². The Morgan fingerprint density at radius 2 is 1.52 bits per heavy atom. The Hall–Kier alpha value is -1.62. The lowest BCUT2D eigenvalue weighted by Gasteiger charge is -2.11. The van der Waals surface area contributed by atoms with Crippen molar-refractivity contribution in [1.29, 1.82) is 0 Å². The first kappa shape index (κ1) is 20.1. The van der Waals surface area contributed by atoms with Gasteiger partial charge in [0, 0.05) is 11.2 Å². The van der Waals surface area contributed by atoms with E-state index in [4.69, 9.17) is 16.3 Å². The second kappa shape index (κ2) is 9.54. The number of aryl methyl sites for hydroxylation is 1. The number of nitrogens with zero attached hydrogens (tertiary/aromatic N) is 1. The molecule has 3 aromatic rings. The Morgan fingerprint density at radius 1 is 0.926 bits per heavy atom. The van der Waals surface area contributed by atoms with Crippen LogP contribution < -0.4 is 4.74 Å². The zero-order chi connectivity index (χ0) is 19.2. The van der Waals surface area contributed by atoms with Gasteiger partial charge in [-0.25, -0.2) is 0 Å². The van der Waals surface area contributed by atoms with E-state index in [0.717, 1.165) is 37.9 Å². The van der Waals surface area contributed by atoms with E-state index >= 15 is 0 Å². The largest absolute Gasteiger partial charge is 0.487 e. The SMILES string of the molecule is CCc1ccc(N=Cc2cc(Br)c(OCc3ccc(Cl)cc3)c(Br)c2)cc1. The van der Waals surface area contributed by atoms with Gasteiger partial charge in [-0.15, -0.1) is 0 Å². The second-order valence-electron chi connectivity index (χ2n) is 6.01. The predicted octanol–water partition coefficient (Wildman–Crippen LogP) is 7.76. The predicted molar refractivity (Wildman–Crippen MR) is 121 cm³/mol. The van der Waals surface area contributed by atoms with Crippen molar-refractivity contribution in [2.45, 2.75) is 20.0 Å². The van der Waals surface area contributed by atoms with Crippen molar-refractivity contribution in [3.63, 3.8) is 0 Å². The number of benzene rings is 3. The number of ether oxygens (including phenoxy) is 1. The molecule has 3 rings (SSSR count). The molecule has 0 heterocycles. The van der Waals surface area contributed by atoms with Crippen molar-refractivity contribution in [1.82, 2.24) is 0 Å². The van der Waals surface area contributed by atoms with Gasteiger partial charge in [-0.3, -0.25) is 4.99 Å². The summed E-state index contributed by atoms with van der Waals surface area (Å²) in [5.41, 5.74) is 4.27. The fraction of sp³-hybridized carbons (Fsp3) is 0.136. The topological polar surface area (TPSA) is 21.6 Å². The minimum Gasteiger partial charge on any atom is -0.487 e. The van der Waals surface area contributed by atoms with Gasteiger partial charge in [-0.2, -0.15) is 0 Å². The lowest BCUT2D eigenvalue weighted by molar-refractivity contribution is 0.302. The monoisotopic (exact) mass is 505 g/mol. The van der Waals surface area contributed by atoms with E-state index in [0.29, 0.717) is 11.6 Å². The van der Waals surface area contributed by atoms with Crippen LogP contribution in [0.4, 0.5) is 5.69 Å². The molecule has 5 heteroatoms. The summed E-state index contributed by atoms with van der Waals surface area (Å²) in [5, 5.41) is 0.717. The summed E-state index contributed by atoms with van der Waals surface area (Å²) in [5.74, 6) is 0.759. The molecule has 0 bridgehead atoms.